The zero-order chi connectivity index (χ0) is 19.8. The number of carbonyl (C=O) groups excluding carboxylic acids is 1. The van der Waals surface area contributed by atoms with Crippen LogP contribution in [0.1, 0.15) is 44.9 Å². The molecule has 1 saturated carbocycles. The second-order valence-electron chi connectivity index (χ2n) is 8.20. The van der Waals surface area contributed by atoms with Crippen molar-refractivity contribution in [1.82, 2.24) is 15.5 Å². The van der Waals surface area contributed by atoms with E-state index >= 15 is 0 Å². The minimum Gasteiger partial charge on any atom is -0.369 e. The summed E-state index contributed by atoms with van der Waals surface area (Å²) in [6.07, 6.45) is 8.51. The third-order valence-electron chi connectivity index (χ3n) is 5.70. The van der Waals surface area contributed by atoms with E-state index in [1.54, 1.807) is 19.0 Å². The van der Waals surface area contributed by atoms with Gasteiger partial charge in [-0.25, -0.2) is 4.99 Å². The molecule has 1 aromatic rings. The summed E-state index contributed by atoms with van der Waals surface area (Å²) in [6.45, 7) is 2.23. The molecular weight excluding hydrogens is 477 g/mol. The smallest absolute Gasteiger partial charge is 0.243 e. The van der Waals surface area contributed by atoms with E-state index in [1.807, 2.05) is 0 Å². The summed E-state index contributed by atoms with van der Waals surface area (Å²) in [5, 5.41) is 7.23. The number of benzene rings is 1. The van der Waals surface area contributed by atoms with Crippen LogP contribution in [-0.2, 0) is 4.79 Å². The van der Waals surface area contributed by atoms with Crippen molar-refractivity contribution in [2.45, 2.75) is 57.0 Å². The number of carbonyl (C=O) groups is 1. The molecule has 2 aliphatic rings. The lowest BCUT2D eigenvalue weighted by Gasteiger charge is -2.36. The number of piperidine rings is 1. The maximum Gasteiger partial charge on any atom is 0.243 e. The Hall–Kier alpha value is -1.51. The molecule has 1 atom stereocenters. The molecule has 1 aromatic carbocycles. The first kappa shape index (κ1) is 23.8. The maximum absolute atomic E-state index is 12.0. The lowest BCUT2D eigenvalue weighted by Crippen LogP contribution is -2.53. The summed E-state index contributed by atoms with van der Waals surface area (Å²) < 4.78 is 0. The van der Waals surface area contributed by atoms with Gasteiger partial charge in [0.25, 0.3) is 0 Å². The molecule has 0 bridgehead atoms. The van der Waals surface area contributed by atoms with Crippen LogP contribution >= 0.6 is 24.0 Å². The second-order valence-corrected chi connectivity index (χ2v) is 8.20. The molecule has 7 heteroatoms. The molecule has 0 aromatic heterocycles. The third kappa shape index (κ3) is 7.68. The van der Waals surface area contributed by atoms with Gasteiger partial charge in [-0.1, -0.05) is 37.5 Å². The molecule has 1 saturated heterocycles. The van der Waals surface area contributed by atoms with Crippen LogP contribution in [-0.4, -0.2) is 62.6 Å². The third-order valence-corrected chi connectivity index (χ3v) is 5.70. The first-order chi connectivity index (χ1) is 13.6. The predicted octanol–water partition coefficient (Wildman–Crippen LogP) is 3.23. The molecule has 2 fully saturated rings. The Morgan fingerprint density at radius 2 is 1.69 bits per heavy atom. The first-order valence-electron chi connectivity index (χ1n) is 10.7. The molecule has 1 unspecified atom stereocenters. The van der Waals surface area contributed by atoms with Crippen LogP contribution in [0.3, 0.4) is 0 Å². The Kier molecular flexibility index (Phi) is 10.0. The van der Waals surface area contributed by atoms with Crippen LogP contribution in [0.5, 0.6) is 0 Å². The zero-order valence-electron chi connectivity index (χ0n) is 17.8. The molecule has 1 amide bonds. The Balaban J connectivity index is 0.00000300. The van der Waals surface area contributed by atoms with Gasteiger partial charge in [0.1, 0.15) is 6.54 Å². The largest absolute Gasteiger partial charge is 0.369 e. The fraction of sp³-hybridized carbons (Fsp3) is 0.636. The van der Waals surface area contributed by atoms with E-state index in [0.29, 0.717) is 12.1 Å². The highest BCUT2D eigenvalue weighted by molar-refractivity contribution is 14.0. The number of para-hydroxylation sites is 1. The van der Waals surface area contributed by atoms with E-state index < -0.39 is 0 Å². The van der Waals surface area contributed by atoms with Gasteiger partial charge in [0.05, 0.1) is 0 Å². The summed E-state index contributed by atoms with van der Waals surface area (Å²) in [7, 11) is 3.55. The molecule has 2 N–H and O–H groups in total. The van der Waals surface area contributed by atoms with Gasteiger partial charge in [0.15, 0.2) is 5.96 Å². The van der Waals surface area contributed by atoms with E-state index in [0.717, 1.165) is 31.9 Å². The monoisotopic (exact) mass is 513 g/mol. The minimum atomic E-state index is 0. The topological polar surface area (TPSA) is 60.0 Å². The molecular formula is C22H36IN5O. The van der Waals surface area contributed by atoms with Gasteiger partial charge >= 0.3 is 0 Å². The van der Waals surface area contributed by atoms with Crippen LogP contribution in [0.2, 0.25) is 0 Å². The summed E-state index contributed by atoms with van der Waals surface area (Å²) in [6, 6.07) is 11.4. The summed E-state index contributed by atoms with van der Waals surface area (Å²) in [4.78, 5) is 20.7. The van der Waals surface area contributed by atoms with Crippen molar-refractivity contribution in [1.29, 1.82) is 0 Å². The van der Waals surface area contributed by atoms with Crippen LogP contribution < -0.4 is 15.5 Å². The average Bonchev–Trinajstić information content (AvgIpc) is 2.73. The molecule has 1 aliphatic carbocycles. The number of halogens is 1. The lowest BCUT2D eigenvalue weighted by atomic mass is 9.96. The standard InChI is InChI=1S/C22H35N5O.HI/c1-26(2)21(28)16-23-22(24-18-10-5-3-6-11-18)25-19-12-9-15-27(17-19)20-13-7-4-8-14-20;/h4,7-8,13-14,18-19H,3,5-6,9-12,15-17H2,1-2H3,(H2,23,24,25);1H. The van der Waals surface area contributed by atoms with Crippen molar-refractivity contribution in [2.24, 2.45) is 4.99 Å². The van der Waals surface area contributed by atoms with Crippen LogP contribution in [0, 0.1) is 0 Å². The van der Waals surface area contributed by atoms with Gasteiger partial charge in [-0.05, 0) is 37.8 Å². The van der Waals surface area contributed by atoms with Crippen molar-refractivity contribution in [2.75, 3.05) is 38.6 Å². The van der Waals surface area contributed by atoms with Crippen molar-refractivity contribution >= 4 is 41.5 Å². The van der Waals surface area contributed by atoms with Gasteiger partial charge in [0.2, 0.25) is 5.91 Å². The number of guanidine groups is 1. The number of likely N-dealkylation sites (N-methyl/N-ethyl adjacent to an activating group) is 1. The highest BCUT2D eigenvalue weighted by Gasteiger charge is 2.22. The predicted molar refractivity (Wildman–Crippen MR) is 131 cm³/mol. The average molecular weight is 513 g/mol. The molecule has 3 rings (SSSR count). The highest BCUT2D eigenvalue weighted by Crippen LogP contribution is 2.20. The number of hydrogen-bond acceptors (Lipinski definition) is 3. The number of rotatable bonds is 5. The van der Waals surface area contributed by atoms with Crippen molar-refractivity contribution in [3.63, 3.8) is 0 Å². The lowest BCUT2D eigenvalue weighted by molar-refractivity contribution is -0.127. The number of nitrogens with one attached hydrogen (secondary N) is 2. The molecule has 0 spiro atoms. The second kappa shape index (κ2) is 12.2. The normalized spacial score (nSPS) is 20.6. The van der Waals surface area contributed by atoms with Crippen molar-refractivity contribution < 1.29 is 4.79 Å². The SMILES string of the molecule is CN(C)C(=O)CN=C(NC1CCCCC1)NC1CCCN(c2ccccc2)C1.I. The molecule has 1 aliphatic heterocycles. The van der Waals surface area contributed by atoms with E-state index in [4.69, 9.17) is 0 Å². The number of nitrogens with zero attached hydrogens (tertiary/aromatic N) is 3. The Morgan fingerprint density at radius 1 is 1.03 bits per heavy atom. The van der Waals surface area contributed by atoms with Crippen LogP contribution in [0.25, 0.3) is 0 Å². The van der Waals surface area contributed by atoms with Crippen molar-refractivity contribution in [3.8, 4) is 0 Å². The van der Waals surface area contributed by atoms with Crippen LogP contribution in [0.4, 0.5) is 5.69 Å². The number of amides is 1. The van der Waals surface area contributed by atoms with E-state index in [1.165, 1.54) is 37.8 Å². The number of hydrogen-bond donors (Lipinski definition) is 2. The zero-order valence-corrected chi connectivity index (χ0v) is 20.1. The Labute approximate surface area is 192 Å². The van der Waals surface area contributed by atoms with Crippen LogP contribution in [0.15, 0.2) is 35.3 Å². The Bertz CT molecular complexity index is 646. The minimum absolute atomic E-state index is 0. The Morgan fingerprint density at radius 3 is 2.38 bits per heavy atom. The van der Waals surface area contributed by atoms with Gasteiger partial charge in [-0.2, -0.15) is 0 Å². The highest BCUT2D eigenvalue weighted by atomic mass is 127. The maximum atomic E-state index is 12.0. The first-order valence-corrected chi connectivity index (χ1v) is 10.7. The molecule has 162 valence electrons. The summed E-state index contributed by atoms with van der Waals surface area (Å²) in [5.41, 5.74) is 1.27. The van der Waals surface area contributed by atoms with Gasteiger partial charge in [-0.3, -0.25) is 4.79 Å². The molecule has 0 radical (unpaired) electrons. The summed E-state index contributed by atoms with van der Waals surface area (Å²) >= 11 is 0. The van der Waals surface area contributed by atoms with Gasteiger partial charge in [0, 0.05) is 45.0 Å². The van der Waals surface area contributed by atoms with Gasteiger partial charge in [-0.15, -0.1) is 24.0 Å². The fourth-order valence-electron chi connectivity index (χ4n) is 4.02. The number of aliphatic imine (C=N–C) groups is 1. The fourth-order valence-corrected chi connectivity index (χ4v) is 4.02. The molecule has 29 heavy (non-hydrogen) atoms. The van der Waals surface area contributed by atoms with Crippen molar-refractivity contribution in [3.05, 3.63) is 30.3 Å². The van der Waals surface area contributed by atoms with Gasteiger partial charge < -0.3 is 20.4 Å². The number of anilines is 1. The molecule has 1 heterocycles. The summed E-state index contributed by atoms with van der Waals surface area (Å²) in [5.74, 6) is 0.821. The molecule has 6 nitrogen and oxygen atoms in total. The van der Waals surface area contributed by atoms with E-state index in [9.17, 15) is 4.79 Å². The quantitative estimate of drug-likeness (QED) is 0.361. The van der Waals surface area contributed by atoms with E-state index in [2.05, 4.69) is 50.9 Å². The van der Waals surface area contributed by atoms with E-state index in [-0.39, 0.29) is 36.4 Å².